The van der Waals surface area contributed by atoms with E-state index in [1.807, 2.05) is 12.1 Å². The molecule has 0 aliphatic carbocycles. The van der Waals surface area contributed by atoms with Crippen LogP contribution in [0.4, 0.5) is 11.4 Å². The van der Waals surface area contributed by atoms with E-state index in [1.165, 1.54) is 4.57 Å². The number of nitrogens with zero attached hydrogens (tertiary/aromatic N) is 3. The number of hydrogen-bond acceptors (Lipinski definition) is 4. The van der Waals surface area contributed by atoms with E-state index in [1.54, 1.807) is 36.4 Å². The maximum Gasteiger partial charge on any atom is 0.244 e. The molecule has 0 fully saturated rings. The highest BCUT2D eigenvalue weighted by molar-refractivity contribution is 9.10. The number of para-hydroxylation sites is 1. The van der Waals surface area contributed by atoms with E-state index in [4.69, 9.17) is 5.73 Å². The third-order valence-corrected chi connectivity index (χ3v) is 4.21. The Labute approximate surface area is 162 Å². The Morgan fingerprint density at radius 2 is 1.92 bits per heavy atom. The Morgan fingerprint density at radius 1 is 1.23 bits per heavy atom. The van der Waals surface area contributed by atoms with Crippen LogP contribution in [0.25, 0.3) is 10.9 Å². The van der Waals surface area contributed by atoms with E-state index in [0.29, 0.717) is 16.6 Å². The average Bonchev–Trinajstić information content (AvgIpc) is 2.87. The van der Waals surface area contributed by atoms with Gasteiger partial charge in [-0.3, -0.25) is 4.79 Å². The van der Waals surface area contributed by atoms with E-state index in [0.717, 1.165) is 4.47 Å². The number of benzene rings is 2. The molecule has 0 unspecified atom stereocenters. The van der Waals surface area contributed by atoms with Gasteiger partial charge < -0.3 is 20.7 Å². The van der Waals surface area contributed by atoms with Gasteiger partial charge >= 0.3 is 0 Å². The van der Waals surface area contributed by atoms with E-state index < -0.39 is 0 Å². The van der Waals surface area contributed by atoms with Crippen molar-refractivity contribution in [2.45, 2.75) is 6.54 Å². The van der Waals surface area contributed by atoms with Crippen LogP contribution in [0, 0.1) is 0 Å². The van der Waals surface area contributed by atoms with Crippen molar-refractivity contribution < 1.29 is 9.90 Å². The monoisotopic (exact) mass is 431 g/mol. The number of carbonyl (C=O) groups is 1. The third kappa shape index (κ3) is 3.89. The van der Waals surface area contributed by atoms with Gasteiger partial charge in [-0.05, 0) is 42.5 Å². The highest BCUT2D eigenvalue weighted by Crippen LogP contribution is 2.38. The lowest BCUT2D eigenvalue weighted by Gasteiger charge is -2.08. The number of halogens is 1. The summed E-state index contributed by atoms with van der Waals surface area (Å²) < 4.78 is 2.37. The number of nitrogens with one attached hydrogen (secondary N) is 1. The van der Waals surface area contributed by atoms with Crippen molar-refractivity contribution in [2.75, 3.05) is 5.32 Å². The Bertz CT molecular complexity index is 1010. The Hall–Kier alpha value is -2.78. The molecule has 132 valence electrons. The van der Waals surface area contributed by atoms with Gasteiger partial charge in [-0.1, -0.05) is 34.1 Å². The molecule has 7 nitrogen and oxygen atoms in total. The number of azo groups is 1. The number of hydrogen-bond donors (Lipinski definition) is 3. The normalized spacial score (nSPS) is 11.1. The smallest absolute Gasteiger partial charge is 0.244 e. The SMILES string of the molecule is NC(=S)N=Nc1c(O)n(CC(=O)Nc2ccc(Br)cc2)c2ccccc12. The molecule has 9 heteroatoms. The fourth-order valence-corrected chi connectivity index (χ4v) is 2.81. The molecule has 0 saturated heterocycles. The molecule has 1 heterocycles. The van der Waals surface area contributed by atoms with E-state index in [2.05, 4.69) is 43.7 Å². The number of amides is 1. The number of aromatic nitrogens is 1. The first kappa shape index (κ1) is 18.0. The zero-order valence-electron chi connectivity index (χ0n) is 13.4. The number of fused-ring (bicyclic) bond motifs is 1. The van der Waals surface area contributed by atoms with Gasteiger partial charge in [-0.25, -0.2) is 0 Å². The standard InChI is InChI=1S/C17H14BrN5O2S/c18-10-5-7-11(8-6-10)20-14(24)9-23-13-4-2-1-3-12(13)15(16(23)25)21-22-17(19)26/h1-8,25H,9H2,(H2,19,26)(H,20,24). The second kappa shape index (κ2) is 7.63. The molecule has 0 bridgehead atoms. The van der Waals surface area contributed by atoms with Gasteiger partial charge in [0.1, 0.15) is 6.54 Å². The second-order valence-electron chi connectivity index (χ2n) is 5.37. The number of rotatable bonds is 4. The van der Waals surface area contributed by atoms with Crippen LogP contribution in [0.15, 0.2) is 63.2 Å². The van der Waals surface area contributed by atoms with Crippen LogP contribution in [-0.4, -0.2) is 20.7 Å². The first-order valence-corrected chi connectivity index (χ1v) is 8.72. The van der Waals surface area contributed by atoms with Crippen LogP contribution in [-0.2, 0) is 11.3 Å². The zero-order valence-corrected chi connectivity index (χ0v) is 15.8. The highest BCUT2D eigenvalue weighted by Gasteiger charge is 2.18. The van der Waals surface area contributed by atoms with E-state index >= 15 is 0 Å². The van der Waals surface area contributed by atoms with Gasteiger partial charge in [0.25, 0.3) is 0 Å². The average molecular weight is 432 g/mol. The molecule has 0 radical (unpaired) electrons. The van der Waals surface area contributed by atoms with Gasteiger partial charge in [-0.15, -0.1) is 10.2 Å². The van der Waals surface area contributed by atoms with Crippen molar-refractivity contribution in [1.82, 2.24) is 4.57 Å². The van der Waals surface area contributed by atoms with Crippen molar-refractivity contribution in [3.63, 3.8) is 0 Å². The second-order valence-corrected chi connectivity index (χ2v) is 6.70. The molecule has 0 aliphatic rings. The minimum absolute atomic E-state index is 0.0923. The summed E-state index contributed by atoms with van der Waals surface area (Å²) in [5.74, 6) is -0.474. The number of thiocarbonyl (C=S) groups is 1. The molecule has 0 atom stereocenters. The Balaban J connectivity index is 1.92. The van der Waals surface area contributed by atoms with Crippen molar-refractivity contribution in [1.29, 1.82) is 0 Å². The summed E-state index contributed by atoms with van der Waals surface area (Å²) in [7, 11) is 0. The lowest BCUT2D eigenvalue weighted by molar-refractivity contribution is -0.116. The van der Waals surface area contributed by atoms with E-state index in [-0.39, 0.29) is 29.1 Å². The molecule has 0 saturated carbocycles. The molecule has 2 aromatic carbocycles. The quantitative estimate of drug-likeness (QED) is 0.427. The summed E-state index contributed by atoms with van der Waals surface area (Å²) in [6.07, 6.45) is 0. The summed E-state index contributed by atoms with van der Waals surface area (Å²) in [6, 6.07) is 14.4. The lowest BCUT2D eigenvalue weighted by Crippen LogP contribution is -2.18. The summed E-state index contributed by atoms with van der Waals surface area (Å²) >= 11 is 8.02. The van der Waals surface area contributed by atoms with Gasteiger partial charge in [-0.2, -0.15) is 0 Å². The summed E-state index contributed by atoms with van der Waals surface area (Å²) in [5, 5.41) is 21.3. The molecular weight excluding hydrogens is 418 g/mol. The summed E-state index contributed by atoms with van der Waals surface area (Å²) in [6.45, 7) is -0.0923. The zero-order chi connectivity index (χ0) is 18.7. The van der Waals surface area contributed by atoms with Gasteiger partial charge in [0.15, 0.2) is 5.69 Å². The Morgan fingerprint density at radius 3 is 2.62 bits per heavy atom. The van der Waals surface area contributed by atoms with Crippen molar-refractivity contribution in [2.24, 2.45) is 16.0 Å². The van der Waals surface area contributed by atoms with Crippen LogP contribution in [0.5, 0.6) is 5.88 Å². The fraction of sp³-hybridized carbons (Fsp3) is 0.0588. The maximum absolute atomic E-state index is 12.4. The van der Waals surface area contributed by atoms with Gasteiger partial charge in [0.05, 0.1) is 5.52 Å². The first-order valence-electron chi connectivity index (χ1n) is 7.52. The van der Waals surface area contributed by atoms with Crippen molar-refractivity contribution in [3.05, 3.63) is 53.0 Å². The minimum Gasteiger partial charge on any atom is -0.493 e. The molecule has 0 spiro atoms. The predicted molar refractivity (Wildman–Crippen MR) is 108 cm³/mol. The van der Waals surface area contributed by atoms with E-state index in [9.17, 15) is 9.90 Å². The lowest BCUT2D eigenvalue weighted by atomic mass is 10.2. The molecule has 1 aromatic heterocycles. The van der Waals surface area contributed by atoms with Crippen LogP contribution in [0.2, 0.25) is 0 Å². The summed E-state index contributed by atoms with van der Waals surface area (Å²) in [4.78, 5) is 12.4. The molecular formula is C17H14BrN5O2S. The fourth-order valence-electron chi connectivity index (χ4n) is 2.51. The first-order chi connectivity index (χ1) is 12.5. The minimum atomic E-state index is -0.291. The molecule has 4 N–H and O–H groups in total. The molecule has 1 amide bonds. The van der Waals surface area contributed by atoms with Crippen molar-refractivity contribution >= 4 is 61.4 Å². The molecule has 3 rings (SSSR count). The summed E-state index contributed by atoms with van der Waals surface area (Å²) in [5.41, 5.74) is 6.85. The van der Waals surface area contributed by atoms with Crippen LogP contribution in [0.3, 0.4) is 0 Å². The Kier molecular flexibility index (Phi) is 5.29. The van der Waals surface area contributed by atoms with Gasteiger partial charge in [0, 0.05) is 15.5 Å². The van der Waals surface area contributed by atoms with Crippen LogP contribution >= 0.6 is 28.1 Å². The topological polar surface area (TPSA) is 105 Å². The molecule has 3 aromatic rings. The molecule has 26 heavy (non-hydrogen) atoms. The number of anilines is 1. The number of carbonyl (C=O) groups excluding carboxylic acids is 1. The van der Waals surface area contributed by atoms with Crippen LogP contribution in [0.1, 0.15) is 0 Å². The number of nitrogens with two attached hydrogens (primary N) is 1. The molecule has 0 aliphatic heterocycles. The number of aromatic hydroxyl groups is 1. The third-order valence-electron chi connectivity index (χ3n) is 3.60. The van der Waals surface area contributed by atoms with Crippen LogP contribution < -0.4 is 11.1 Å². The predicted octanol–water partition coefficient (Wildman–Crippen LogP) is 4.08. The highest BCUT2D eigenvalue weighted by atomic mass is 79.9. The largest absolute Gasteiger partial charge is 0.493 e. The maximum atomic E-state index is 12.4. The van der Waals surface area contributed by atoms with Crippen molar-refractivity contribution in [3.8, 4) is 5.88 Å². The van der Waals surface area contributed by atoms with Gasteiger partial charge in [0.2, 0.25) is 16.9 Å².